The van der Waals surface area contributed by atoms with Crippen molar-refractivity contribution in [2.45, 2.75) is 26.4 Å². The fourth-order valence-corrected chi connectivity index (χ4v) is 1.61. The van der Waals surface area contributed by atoms with Crippen molar-refractivity contribution >= 4 is 5.97 Å². The van der Waals surface area contributed by atoms with Crippen molar-refractivity contribution in [1.29, 1.82) is 0 Å². The Morgan fingerprint density at radius 3 is 2.83 bits per heavy atom. The van der Waals surface area contributed by atoms with Gasteiger partial charge < -0.3 is 15.2 Å². The first-order valence-corrected chi connectivity index (χ1v) is 5.87. The van der Waals surface area contributed by atoms with Crippen LogP contribution < -0.4 is 10.5 Å². The second-order valence-electron chi connectivity index (χ2n) is 3.89. The maximum Gasteiger partial charge on any atom is 0.319 e. The molecule has 0 fully saturated rings. The molecule has 1 aromatic rings. The zero-order chi connectivity index (χ0) is 13.5. The number of esters is 1. The zero-order valence-electron chi connectivity index (χ0n) is 10.6. The van der Waals surface area contributed by atoms with Crippen LogP contribution in [0.1, 0.15) is 19.4 Å². The van der Waals surface area contributed by atoms with Gasteiger partial charge in [-0.3, -0.25) is 4.79 Å². The highest BCUT2D eigenvalue weighted by atomic mass is 19.1. The minimum atomic E-state index is -0.456. The predicted molar refractivity (Wildman–Crippen MR) is 65.9 cm³/mol. The van der Waals surface area contributed by atoms with E-state index in [0.29, 0.717) is 18.8 Å². The molecule has 100 valence electrons. The third-order valence-electron chi connectivity index (χ3n) is 2.34. The molecule has 1 unspecified atom stereocenters. The molecule has 0 bridgehead atoms. The first-order valence-electron chi connectivity index (χ1n) is 5.87. The molecular formula is C13H18FNO3. The summed E-state index contributed by atoms with van der Waals surface area (Å²) in [5, 5.41) is 0. The monoisotopic (exact) mass is 255 g/mol. The number of carbonyl (C=O) groups is 1. The number of benzene rings is 1. The van der Waals surface area contributed by atoms with Gasteiger partial charge in [0.1, 0.15) is 17.7 Å². The van der Waals surface area contributed by atoms with E-state index in [0.717, 1.165) is 5.56 Å². The van der Waals surface area contributed by atoms with Gasteiger partial charge in [0.15, 0.2) is 0 Å². The Morgan fingerprint density at radius 2 is 2.22 bits per heavy atom. The van der Waals surface area contributed by atoms with Crippen molar-refractivity contribution in [3.63, 3.8) is 0 Å². The topological polar surface area (TPSA) is 61.5 Å². The minimum absolute atomic E-state index is 0.147. The van der Waals surface area contributed by atoms with Crippen molar-refractivity contribution in [2.75, 3.05) is 13.2 Å². The maximum atomic E-state index is 13.1. The Bertz CT molecular complexity index is 409. The summed E-state index contributed by atoms with van der Waals surface area (Å²) in [7, 11) is 0. The molecule has 0 saturated heterocycles. The molecular weight excluding hydrogens is 237 g/mol. The van der Waals surface area contributed by atoms with Gasteiger partial charge in [0, 0.05) is 12.5 Å². The number of hydrogen-bond acceptors (Lipinski definition) is 4. The van der Waals surface area contributed by atoms with Crippen LogP contribution in [0.15, 0.2) is 18.2 Å². The number of nitrogens with two attached hydrogens (primary N) is 1. The van der Waals surface area contributed by atoms with Crippen molar-refractivity contribution in [1.82, 2.24) is 0 Å². The van der Waals surface area contributed by atoms with Crippen LogP contribution in [0.5, 0.6) is 5.75 Å². The quantitative estimate of drug-likeness (QED) is 0.785. The second kappa shape index (κ2) is 6.96. The summed E-state index contributed by atoms with van der Waals surface area (Å²) in [5.74, 6) is -0.329. The minimum Gasteiger partial charge on any atom is -0.493 e. The maximum absolute atomic E-state index is 13.1. The third-order valence-corrected chi connectivity index (χ3v) is 2.34. The van der Waals surface area contributed by atoms with Crippen molar-refractivity contribution in [3.8, 4) is 5.75 Å². The Balaban J connectivity index is 2.73. The van der Waals surface area contributed by atoms with Gasteiger partial charge in [0.2, 0.25) is 0 Å². The van der Waals surface area contributed by atoms with E-state index in [1.807, 2.05) is 6.92 Å². The van der Waals surface area contributed by atoms with Crippen molar-refractivity contribution in [3.05, 3.63) is 29.6 Å². The van der Waals surface area contributed by atoms with Gasteiger partial charge in [0.25, 0.3) is 0 Å². The SMILES string of the molecule is CCOc1cc(F)ccc1CC(C)OC(=O)CN. The fraction of sp³-hybridized carbons (Fsp3) is 0.462. The van der Waals surface area contributed by atoms with Gasteiger partial charge in [-0.05, 0) is 25.5 Å². The molecule has 0 saturated carbocycles. The predicted octanol–water partition coefficient (Wildman–Crippen LogP) is 1.66. The summed E-state index contributed by atoms with van der Waals surface area (Å²) in [6.07, 6.45) is 0.132. The number of ether oxygens (including phenoxy) is 2. The molecule has 0 amide bonds. The van der Waals surface area contributed by atoms with Crippen LogP contribution in [0.2, 0.25) is 0 Å². The summed E-state index contributed by atoms with van der Waals surface area (Å²) in [5.41, 5.74) is 5.96. The van der Waals surface area contributed by atoms with E-state index in [1.54, 1.807) is 13.0 Å². The van der Waals surface area contributed by atoms with Crippen LogP contribution in [0.3, 0.4) is 0 Å². The highest BCUT2D eigenvalue weighted by Gasteiger charge is 2.12. The Hall–Kier alpha value is -1.62. The molecule has 2 N–H and O–H groups in total. The van der Waals surface area contributed by atoms with E-state index >= 15 is 0 Å². The second-order valence-corrected chi connectivity index (χ2v) is 3.89. The molecule has 0 heterocycles. The number of rotatable bonds is 6. The van der Waals surface area contributed by atoms with Crippen LogP contribution >= 0.6 is 0 Å². The molecule has 0 spiro atoms. The number of halogens is 1. The van der Waals surface area contributed by atoms with Crippen LogP contribution in [0.25, 0.3) is 0 Å². The highest BCUT2D eigenvalue weighted by Crippen LogP contribution is 2.22. The largest absolute Gasteiger partial charge is 0.493 e. The average molecular weight is 255 g/mol. The number of hydrogen-bond donors (Lipinski definition) is 1. The molecule has 18 heavy (non-hydrogen) atoms. The molecule has 1 rings (SSSR count). The highest BCUT2D eigenvalue weighted by molar-refractivity contribution is 5.71. The van der Waals surface area contributed by atoms with E-state index < -0.39 is 5.97 Å². The lowest BCUT2D eigenvalue weighted by atomic mass is 10.1. The summed E-state index contributed by atoms with van der Waals surface area (Å²) in [6.45, 7) is 3.89. The van der Waals surface area contributed by atoms with E-state index in [1.165, 1.54) is 12.1 Å². The van der Waals surface area contributed by atoms with Gasteiger partial charge >= 0.3 is 5.97 Å². The Morgan fingerprint density at radius 1 is 1.50 bits per heavy atom. The van der Waals surface area contributed by atoms with Crippen LogP contribution in [-0.2, 0) is 16.0 Å². The van der Waals surface area contributed by atoms with Gasteiger partial charge in [-0.2, -0.15) is 0 Å². The van der Waals surface area contributed by atoms with E-state index in [9.17, 15) is 9.18 Å². The standard InChI is InChI=1S/C13H18FNO3/c1-3-17-12-7-11(14)5-4-10(12)6-9(2)18-13(16)8-15/h4-5,7,9H,3,6,8,15H2,1-2H3. The molecule has 5 heteroatoms. The lowest BCUT2D eigenvalue weighted by Gasteiger charge is -2.15. The third kappa shape index (κ3) is 4.33. The molecule has 0 aliphatic heterocycles. The van der Waals surface area contributed by atoms with Crippen LogP contribution in [-0.4, -0.2) is 25.2 Å². The molecule has 0 aliphatic rings. The summed E-state index contributed by atoms with van der Waals surface area (Å²) in [6, 6.07) is 4.32. The Kier molecular flexibility index (Phi) is 5.58. The molecule has 1 aromatic carbocycles. The van der Waals surface area contributed by atoms with Gasteiger partial charge in [0.05, 0.1) is 13.2 Å². The van der Waals surface area contributed by atoms with Crippen LogP contribution in [0, 0.1) is 5.82 Å². The van der Waals surface area contributed by atoms with E-state index in [4.69, 9.17) is 15.2 Å². The van der Waals surface area contributed by atoms with Gasteiger partial charge in [-0.25, -0.2) is 4.39 Å². The summed E-state index contributed by atoms with van der Waals surface area (Å²) in [4.78, 5) is 11.0. The van der Waals surface area contributed by atoms with E-state index in [-0.39, 0.29) is 18.5 Å². The smallest absolute Gasteiger partial charge is 0.319 e. The normalized spacial score (nSPS) is 12.0. The number of carbonyl (C=O) groups excluding carboxylic acids is 1. The van der Waals surface area contributed by atoms with Crippen LogP contribution in [0.4, 0.5) is 4.39 Å². The van der Waals surface area contributed by atoms with Gasteiger partial charge in [-0.15, -0.1) is 0 Å². The fourth-order valence-electron chi connectivity index (χ4n) is 1.61. The molecule has 0 radical (unpaired) electrons. The average Bonchev–Trinajstić information content (AvgIpc) is 2.32. The lowest BCUT2D eigenvalue weighted by Crippen LogP contribution is -2.23. The van der Waals surface area contributed by atoms with Crippen molar-refractivity contribution in [2.24, 2.45) is 5.73 Å². The van der Waals surface area contributed by atoms with Crippen molar-refractivity contribution < 1.29 is 18.7 Å². The first kappa shape index (κ1) is 14.4. The lowest BCUT2D eigenvalue weighted by molar-refractivity contribution is -0.146. The molecule has 0 aliphatic carbocycles. The molecule has 0 aromatic heterocycles. The zero-order valence-corrected chi connectivity index (χ0v) is 10.6. The Labute approximate surface area is 106 Å². The summed E-state index contributed by atoms with van der Waals surface area (Å²) < 4.78 is 23.5. The molecule has 4 nitrogen and oxygen atoms in total. The van der Waals surface area contributed by atoms with E-state index in [2.05, 4.69) is 0 Å². The molecule has 1 atom stereocenters. The summed E-state index contributed by atoms with van der Waals surface area (Å²) >= 11 is 0. The van der Waals surface area contributed by atoms with Gasteiger partial charge in [-0.1, -0.05) is 6.07 Å². The first-order chi connectivity index (χ1) is 8.56.